The molecule has 3 amide bonds. The van der Waals surface area contributed by atoms with Crippen molar-refractivity contribution < 1.29 is 19.1 Å². The molecule has 2 aromatic rings. The van der Waals surface area contributed by atoms with E-state index in [4.69, 9.17) is 27.9 Å². The van der Waals surface area contributed by atoms with E-state index >= 15 is 0 Å². The number of rotatable bonds is 6. The first-order valence-electron chi connectivity index (χ1n) is 8.26. The van der Waals surface area contributed by atoms with Crippen molar-refractivity contribution in [1.82, 2.24) is 0 Å². The quantitative estimate of drug-likeness (QED) is 0.689. The summed E-state index contributed by atoms with van der Waals surface area (Å²) in [6.07, 6.45) is 0.0173. The molecule has 3 rings (SSSR count). The standard InChI is InChI=1S/C19H16Cl2N2O4S/c1-27-15-4-2-13(3-5-15)22-17(24)10-28-16-9-18(25)23(19(16)26)14-7-11(20)6-12(21)8-14/h2-8,16H,9-10H2,1H3,(H,22,24)/t16-/m1/s1. The second-order valence-electron chi connectivity index (χ2n) is 5.98. The molecule has 1 fully saturated rings. The molecule has 1 N–H and O–H groups in total. The van der Waals surface area contributed by atoms with Crippen molar-refractivity contribution in [3.05, 3.63) is 52.5 Å². The largest absolute Gasteiger partial charge is 0.497 e. The Morgan fingerprint density at radius 3 is 2.43 bits per heavy atom. The Kier molecular flexibility index (Phi) is 6.49. The Balaban J connectivity index is 1.59. The first-order valence-corrected chi connectivity index (χ1v) is 10.1. The molecule has 0 unspecified atom stereocenters. The maximum absolute atomic E-state index is 12.6. The van der Waals surface area contributed by atoms with Crippen LogP contribution in [0.2, 0.25) is 10.0 Å². The third-order valence-electron chi connectivity index (χ3n) is 4.00. The number of carbonyl (C=O) groups is 3. The second kappa shape index (κ2) is 8.86. The second-order valence-corrected chi connectivity index (χ2v) is 8.04. The molecule has 0 radical (unpaired) electrons. The van der Waals surface area contributed by atoms with Crippen LogP contribution < -0.4 is 15.0 Å². The van der Waals surface area contributed by atoms with Gasteiger partial charge < -0.3 is 10.1 Å². The van der Waals surface area contributed by atoms with Crippen molar-refractivity contribution in [2.45, 2.75) is 11.7 Å². The van der Waals surface area contributed by atoms with Crippen molar-refractivity contribution in [2.75, 3.05) is 23.1 Å². The summed E-state index contributed by atoms with van der Waals surface area (Å²) < 4.78 is 5.06. The smallest absolute Gasteiger partial charge is 0.247 e. The van der Waals surface area contributed by atoms with Crippen molar-refractivity contribution in [1.29, 1.82) is 0 Å². The lowest BCUT2D eigenvalue weighted by Crippen LogP contribution is -2.31. The van der Waals surface area contributed by atoms with Gasteiger partial charge in [-0.2, -0.15) is 0 Å². The minimum Gasteiger partial charge on any atom is -0.497 e. The van der Waals surface area contributed by atoms with Crippen molar-refractivity contribution in [3.8, 4) is 5.75 Å². The van der Waals surface area contributed by atoms with E-state index in [2.05, 4.69) is 5.32 Å². The summed E-state index contributed by atoms with van der Waals surface area (Å²) in [5.74, 6) is -0.273. The number of ether oxygens (including phenoxy) is 1. The fourth-order valence-corrected chi connectivity index (χ4v) is 4.17. The van der Waals surface area contributed by atoms with Crippen molar-refractivity contribution in [2.24, 2.45) is 0 Å². The Bertz CT molecular complexity index is 900. The molecular formula is C19H16Cl2N2O4S. The van der Waals surface area contributed by atoms with Crippen LogP contribution in [0.15, 0.2) is 42.5 Å². The lowest BCUT2D eigenvalue weighted by molar-refractivity contribution is -0.121. The average molecular weight is 439 g/mol. The fourth-order valence-electron chi connectivity index (χ4n) is 2.72. The SMILES string of the molecule is COc1ccc(NC(=O)CS[C@@H]2CC(=O)N(c3cc(Cl)cc(Cl)c3)C2=O)cc1. The summed E-state index contributed by atoms with van der Waals surface area (Å²) in [7, 11) is 1.56. The van der Waals surface area contributed by atoms with Crippen LogP contribution in [0.25, 0.3) is 0 Å². The monoisotopic (exact) mass is 438 g/mol. The van der Waals surface area contributed by atoms with Gasteiger partial charge in [-0.1, -0.05) is 23.2 Å². The predicted molar refractivity (Wildman–Crippen MR) is 111 cm³/mol. The van der Waals surface area contributed by atoms with Crippen LogP contribution >= 0.6 is 35.0 Å². The molecule has 0 aliphatic carbocycles. The van der Waals surface area contributed by atoms with Gasteiger partial charge in [0.2, 0.25) is 17.7 Å². The first kappa shape index (κ1) is 20.5. The minimum absolute atomic E-state index is 0.0173. The van der Waals surface area contributed by atoms with E-state index in [1.807, 2.05) is 0 Å². The van der Waals surface area contributed by atoms with Gasteiger partial charge in [0, 0.05) is 22.2 Å². The summed E-state index contributed by atoms with van der Waals surface area (Å²) in [5.41, 5.74) is 0.953. The number of nitrogens with zero attached hydrogens (tertiary/aromatic N) is 1. The van der Waals surface area contributed by atoms with Crippen molar-refractivity contribution >= 4 is 64.1 Å². The summed E-state index contributed by atoms with van der Waals surface area (Å²) in [6.45, 7) is 0. The number of methoxy groups -OCH3 is 1. The highest BCUT2D eigenvalue weighted by atomic mass is 35.5. The summed E-state index contributed by atoms with van der Waals surface area (Å²) >= 11 is 13.0. The molecule has 146 valence electrons. The Labute approximate surface area is 176 Å². The number of halogens is 2. The van der Waals surface area contributed by atoms with E-state index in [-0.39, 0.29) is 29.9 Å². The number of amides is 3. The van der Waals surface area contributed by atoms with Gasteiger partial charge in [0.15, 0.2) is 0 Å². The third-order valence-corrected chi connectivity index (χ3v) is 5.64. The van der Waals surface area contributed by atoms with Crippen LogP contribution in [0.4, 0.5) is 11.4 Å². The number of thioether (sulfide) groups is 1. The van der Waals surface area contributed by atoms with Crippen molar-refractivity contribution in [3.63, 3.8) is 0 Å². The molecule has 9 heteroatoms. The van der Waals surface area contributed by atoms with Gasteiger partial charge in [-0.3, -0.25) is 14.4 Å². The molecule has 2 aromatic carbocycles. The van der Waals surface area contributed by atoms with E-state index in [0.717, 1.165) is 16.7 Å². The zero-order chi connectivity index (χ0) is 20.3. The zero-order valence-corrected chi connectivity index (χ0v) is 17.1. The first-order chi connectivity index (χ1) is 13.4. The van der Waals surface area contributed by atoms with Crippen LogP contribution in [0.3, 0.4) is 0 Å². The maximum atomic E-state index is 12.6. The summed E-state index contributed by atoms with van der Waals surface area (Å²) in [6, 6.07) is 11.4. The predicted octanol–water partition coefficient (Wildman–Crippen LogP) is 4.01. The van der Waals surface area contributed by atoms with Gasteiger partial charge in [-0.05, 0) is 42.5 Å². The molecule has 0 bridgehead atoms. The van der Waals surface area contributed by atoms with Crippen LogP contribution in [0, 0.1) is 0 Å². The molecule has 0 aromatic heterocycles. The molecular weight excluding hydrogens is 423 g/mol. The molecule has 1 aliphatic rings. The minimum atomic E-state index is -0.633. The molecule has 1 saturated heterocycles. The molecule has 28 heavy (non-hydrogen) atoms. The number of carbonyl (C=O) groups excluding carboxylic acids is 3. The number of benzene rings is 2. The summed E-state index contributed by atoms with van der Waals surface area (Å²) in [4.78, 5) is 38.2. The van der Waals surface area contributed by atoms with Gasteiger partial charge >= 0.3 is 0 Å². The number of hydrogen-bond acceptors (Lipinski definition) is 5. The zero-order valence-electron chi connectivity index (χ0n) is 14.8. The van der Waals surface area contributed by atoms with Gasteiger partial charge in [0.1, 0.15) is 5.75 Å². The Morgan fingerprint density at radius 2 is 1.82 bits per heavy atom. The Morgan fingerprint density at radius 1 is 1.18 bits per heavy atom. The lowest BCUT2D eigenvalue weighted by Gasteiger charge is -2.15. The van der Waals surface area contributed by atoms with Gasteiger partial charge in [-0.15, -0.1) is 11.8 Å². The van der Waals surface area contributed by atoms with E-state index < -0.39 is 5.25 Å². The number of hydrogen-bond donors (Lipinski definition) is 1. The highest BCUT2D eigenvalue weighted by Gasteiger charge is 2.40. The Hall–Kier alpha value is -2.22. The molecule has 1 atom stereocenters. The number of anilines is 2. The third kappa shape index (κ3) is 4.79. The summed E-state index contributed by atoms with van der Waals surface area (Å²) in [5, 5.41) is 2.77. The fraction of sp³-hybridized carbons (Fsp3) is 0.211. The molecule has 1 aliphatic heterocycles. The van der Waals surface area contributed by atoms with E-state index in [1.165, 1.54) is 18.2 Å². The highest BCUT2D eigenvalue weighted by Crippen LogP contribution is 2.33. The van der Waals surface area contributed by atoms with Gasteiger partial charge in [0.25, 0.3) is 0 Å². The normalized spacial score (nSPS) is 16.4. The van der Waals surface area contributed by atoms with E-state index in [0.29, 0.717) is 27.2 Å². The van der Waals surface area contributed by atoms with E-state index in [1.54, 1.807) is 31.4 Å². The van der Waals surface area contributed by atoms with Crippen LogP contribution in [-0.2, 0) is 14.4 Å². The van der Waals surface area contributed by atoms with Gasteiger partial charge in [-0.25, -0.2) is 4.90 Å². The molecule has 0 saturated carbocycles. The average Bonchev–Trinajstić information content (AvgIpc) is 2.93. The lowest BCUT2D eigenvalue weighted by atomic mass is 10.3. The van der Waals surface area contributed by atoms with Gasteiger partial charge in [0.05, 0.1) is 23.8 Å². The molecule has 6 nitrogen and oxygen atoms in total. The van der Waals surface area contributed by atoms with Crippen LogP contribution in [0.5, 0.6) is 5.75 Å². The molecule has 0 spiro atoms. The van der Waals surface area contributed by atoms with E-state index in [9.17, 15) is 14.4 Å². The number of imide groups is 1. The highest BCUT2D eigenvalue weighted by molar-refractivity contribution is 8.01. The number of nitrogens with one attached hydrogen (secondary N) is 1. The topological polar surface area (TPSA) is 75.7 Å². The molecule has 1 heterocycles. The maximum Gasteiger partial charge on any atom is 0.247 e. The van der Waals surface area contributed by atoms with Crippen LogP contribution in [0.1, 0.15) is 6.42 Å². The van der Waals surface area contributed by atoms with Crippen LogP contribution in [-0.4, -0.2) is 35.8 Å².